The highest BCUT2D eigenvalue weighted by molar-refractivity contribution is 5.82. The molecule has 0 radical (unpaired) electrons. The molecular formula is C30H40F2N4O2. The SMILES string of the molecule is C=O.CNC(C)CCc1c(O)ccc2c1nc(C(C)Cc1ccc(F)c(F)c1)n2C1CCC2(CC1)CNC2. The van der Waals surface area contributed by atoms with Crippen LogP contribution in [0.4, 0.5) is 8.78 Å². The monoisotopic (exact) mass is 526 g/mol. The van der Waals surface area contributed by atoms with Crippen molar-refractivity contribution in [3.8, 4) is 5.75 Å². The number of carbonyl (C=O) groups excluding carboxylic acids is 1. The lowest BCUT2D eigenvalue weighted by molar-refractivity contribution is -0.0980. The Morgan fingerprint density at radius 2 is 1.87 bits per heavy atom. The third-order valence-electron chi connectivity index (χ3n) is 8.64. The number of hydrogen-bond donors (Lipinski definition) is 3. The van der Waals surface area contributed by atoms with E-state index in [0.717, 1.165) is 66.8 Å². The van der Waals surface area contributed by atoms with Gasteiger partial charge in [-0.2, -0.15) is 0 Å². The zero-order valence-corrected chi connectivity index (χ0v) is 22.7. The highest BCUT2D eigenvalue weighted by Gasteiger charge is 2.41. The van der Waals surface area contributed by atoms with Gasteiger partial charge in [0.05, 0.1) is 11.0 Å². The van der Waals surface area contributed by atoms with Gasteiger partial charge in [-0.15, -0.1) is 0 Å². The van der Waals surface area contributed by atoms with Crippen LogP contribution in [0.1, 0.15) is 74.9 Å². The molecule has 1 saturated heterocycles. The molecule has 3 N–H and O–H groups in total. The first-order chi connectivity index (χ1) is 18.3. The van der Waals surface area contributed by atoms with Gasteiger partial charge in [0.25, 0.3) is 0 Å². The molecule has 1 saturated carbocycles. The topological polar surface area (TPSA) is 79.2 Å². The van der Waals surface area contributed by atoms with E-state index in [4.69, 9.17) is 9.78 Å². The van der Waals surface area contributed by atoms with Crippen LogP contribution >= 0.6 is 0 Å². The summed E-state index contributed by atoms with van der Waals surface area (Å²) in [6, 6.07) is 8.65. The second-order valence-electron chi connectivity index (χ2n) is 11.2. The predicted octanol–water partition coefficient (Wildman–Crippen LogP) is 5.43. The molecule has 2 aromatic carbocycles. The number of benzene rings is 2. The third kappa shape index (κ3) is 5.61. The lowest BCUT2D eigenvalue weighted by Crippen LogP contribution is -2.54. The summed E-state index contributed by atoms with van der Waals surface area (Å²) < 4.78 is 29.8. The van der Waals surface area contributed by atoms with Gasteiger partial charge in [-0.25, -0.2) is 13.8 Å². The number of fused-ring (bicyclic) bond motifs is 1. The Kier molecular flexibility index (Phi) is 8.83. The summed E-state index contributed by atoms with van der Waals surface area (Å²) >= 11 is 0. The Labute approximate surface area is 223 Å². The molecule has 6 nitrogen and oxygen atoms in total. The fourth-order valence-electron chi connectivity index (χ4n) is 6.12. The Bertz CT molecular complexity index is 1250. The van der Waals surface area contributed by atoms with Gasteiger partial charge in [0.2, 0.25) is 0 Å². The maximum Gasteiger partial charge on any atom is 0.159 e. The number of nitrogens with one attached hydrogen (secondary N) is 2. The number of hydrogen-bond acceptors (Lipinski definition) is 5. The highest BCUT2D eigenvalue weighted by Crippen LogP contribution is 2.45. The van der Waals surface area contributed by atoms with Gasteiger partial charge in [-0.1, -0.05) is 13.0 Å². The number of imidazole rings is 1. The van der Waals surface area contributed by atoms with Gasteiger partial charge in [0.15, 0.2) is 11.6 Å². The zero-order chi connectivity index (χ0) is 27.4. The second-order valence-corrected chi connectivity index (χ2v) is 11.2. The summed E-state index contributed by atoms with van der Waals surface area (Å²) in [5.41, 5.74) is 4.05. The molecule has 2 atom stereocenters. The lowest BCUT2D eigenvalue weighted by atomic mass is 9.68. The van der Waals surface area contributed by atoms with Crippen molar-refractivity contribution in [1.29, 1.82) is 0 Å². The minimum atomic E-state index is -0.823. The summed E-state index contributed by atoms with van der Waals surface area (Å²) in [5, 5.41) is 17.5. The maximum atomic E-state index is 13.9. The molecule has 3 aromatic rings. The standard InChI is InChI=1S/C29H38F2N4O.CH2O/c1-18(14-20-5-7-23(30)24(31)15-20)28-34-27-22(6-4-19(2)32-3)26(36)9-8-25(27)35(28)21-10-12-29(13-11-21)16-33-17-29;1-2/h5,7-9,15,18-19,21,32-33,36H,4,6,10-14,16-17H2,1-3H3;1H2. The number of halogens is 2. The van der Waals surface area contributed by atoms with Crippen molar-refractivity contribution >= 4 is 17.8 Å². The van der Waals surface area contributed by atoms with E-state index in [2.05, 4.69) is 29.0 Å². The molecule has 5 rings (SSSR count). The van der Waals surface area contributed by atoms with E-state index in [1.165, 1.54) is 25.0 Å². The van der Waals surface area contributed by atoms with Gasteiger partial charge in [-0.05, 0) is 94.2 Å². The fourth-order valence-corrected chi connectivity index (χ4v) is 6.12. The second kappa shape index (κ2) is 11.9. The van der Waals surface area contributed by atoms with Crippen LogP contribution in [0, 0.1) is 17.0 Å². The molecule has 2 fully saturated rings. The van der Waals surface area contributed by atoms with Crippen LogP contribution < -0.4 is 10.6 Å². The molecule has 38 heavy (non-hydrogen) atoms. The Morgan fingerprint density at radius 1 is 1.16 bits per heavy atom. The van der Waals surface area contributed by atoms with E-state index < -0.39 is 11.6 Å². The average Bonchev–Trinajstić information content (AvgIpc) is 3.30. The Balaban J connectivity index is 0.00000164. The zero-order valence-electron chi connectivity index (χ0n) is 22.7. The first kappa shape index (κ1) is 28.2. The van der Waals surface area contributed by atoms with Crippen molar-refractivity contribution in [2.75, 3.05) is 20.1 Å². The van der Waals surface area contributed by atoms with Gasteiger partial charge in [-0.3, -0.25) is 0 Å². The Hall–Kier alpha value is -2.84. The number of phenolic OH excluding ortho intramolecular Hbond substituents is 1. The first-order valence-corrected chi connectivity index (χ1v) is 13.6. The van der Waals surface area contributed by atoms with Gasteiger partial charge >= 0.3 is 0 Å². The fraction of sp³-hybridized carbons (Fsp3) is 0.533. The van der Waals surface area contributed by atoms with Crippen LogP contribution in [0.5, 0.6) is 5.75 Å². The quantitative estimate of drug-likeness (QED) is 0.365. The summed E-state index contributed by atoms with van der Waals surface area (Å²) in [5.74, 6) is -0.369. The van der Waals surface area contributed by atoms with Crippen molar-refractivity contribution in [2.24, 2.45) is 5.41 Å². The number of aryl methyl sites for hydroxylation is 1. The number of aromatic nitrogens is 2. The molecule has 0 amide bonds. The third-order valence-corrected chi connectivity index (χ3v) is 8.64. The minimum Gasteiger partial charge on any atom is -0.508 e. The van der Waals surface area contributed by atoms with E-state index in [-0.39, 0.29) is 5.92 Å². The minimum absolute atomic E-state index is 0.00902. The smallest absolute Gasteiger partial charge is 0.159 e. The number of phenols is 1. The highest BCUT2D eigenvalue weighted by atomic mass is 19.2. The van der Waals surface area contributed by atoms with E-state index in [0.29, 0.717) is 29.7 Å². The molecule has 1 aromatic heterocycles. The molecule has 2 heterocycles. The number of aromatic hydroxyl groups is 1. The average molecular weight is 527 g/mol. The molecule has 8 heteroatoms. The summed E-state index contributed by atoms with van der Waals surface area (Å²) in [6.07, 6.45) is 6.81. The first-order valence-electron chi connectivity index (χ1n) is 13.6. The van der Waals surface area contributed by atoms with E-state index in [1.54, 1.807) is 6.07 Å². The van der Waals surface area contributed by atoms with Crippen LogP contribution in [-0.4, -0.2) is 47.6 Å². The van der Waals surface area contributed by atoms with Crippen LogP contribution in [0.3, 0.4) is 0 Å². The molecule has 2 aliphatic rings. The van der Waals surface area contributed by atoms with Crippen LogP contribution in [0.2, 0.25) is 0 Å². The largest absolute Gasteiger partial charge is 0.508 e. The van der Waals surface area contributed by atoms with Crippen molar-refractivity contribution in [1.82, 2.24) is 20.2 Å². The summed E-state index contributed by atoms with van der Waals surface area (Å²) in [6.45, 7) is 8.48. The number of nitrogens with zero attached hydrogens (tertiary/aromatic N) is 2. The molecular weight excluding hydrogens is 486 g/mol. The molecule has 1 spiro atoms. The van der Waals surface area contributed by atoms with Gasteiger partial charge in [0, 0.05) is 36.7 Å². The van der Waals surface area contributed by atoms with E-state index >= 15 is 0 Å². The normalized spacial score (nSPS) is 18.6. The lowest BCUT2D eigenvalue weighted by Gasteiger charge is -2.48. The molecule has 206 valence electrons. The molecule has 2 unspecified atom stereocenters. The van der Waals surface area contributed by atoms with Crippen molar-refractivity contribution in [3.63, 3.8) is 0 Å². The molecule has 0 bridgehead atoms. The van der Waals surface area contributed by atoms with Crippen LogP contribution in [-0.2, 0) is 17.6 Å². The molecule has 1 aliphatic heterocycles. The predicted molar refractivity (Wildman–Crippen MR) is 147 cm³/mol. The van der Waals surface area contributed by atoms with Crippen molar-refractivity contribution in [3.05, 3.63) is 58.9 Å². The number of rotatable bonds is 8. The van der Waals surface area contributed by atoms with Crippen molar-refractivity contribution < 1.29 is 18.7 Å². The van der Waals surface area contributed by atoms with Gasteiger partial charge < -0.3 is 25.1 Å². The number of carbonyl (C=O) groups is 1. The van der Waals surface area contributed by atoms with Gasteiger partial charge in [0.1, 0.15) is 18.4 Å². The van der Waals surface area contributed by atoms with E-state index in [1.807, 2.05) is 26.0 Å². The van der Waals surface area contributed by atoms with Crippen LogP contribution in [0.15, 0.2) is 30.3 Å². The maximum absolute atomic E-state index is 13.9. The summed E-state index contributed by atoms with van der Waals surface area (Å²) in [7, 11) is 1.95. The van der Waals surface area contributed by atoms with Crippen LogP contribution in [0.25, 0.3) is 11.0 Å². The molecule has 1 aliphatic carbocycles. The summed E-state index contributed by atoms with van der Waals surface area (Å²) in [4.78, 5) is 13.2. The Morgan fingerprint density at radius 3 is 2.47 bits per heavy atom. The van der Waals surface area contributed by atoms with E-state index in [9.17, 15) is 13.9 Å². The van der Waals surface area contributed by atoms with Crippen molar-refractivity contribution in [2.45, 2.75) is 76.8 Å².